The number of primary sulfonamides is 1. The molecule has 0 aliphatic heterocycles. The van der Waals surface area contributed by atoms with Crippen LogP contribution < -0.4 is 5.14 Å². The van der Waals surface area contributed by atoms with Crippen molar-refractivity contribution in [3.8, 4) is 11.1 Å². The fraction of sp³-hybridized carbons (Fsp3) is 0.250. The SMILES string of the molecule is CC(C)(C)c1ccc(-c2ccc(S(N)(=O)=O)c(F)c2)cc1. The van der Waals surface area contributed by atoms with Crippen molar-refractivity contribution in [3.63, 3.8) is 0 Å². The summed E-state index contributed by atoms with van der Waals surface area (Å²) in [6.45, 7) is 6.34. The highest BCUT2D eigenvalue weighted by molar-refractivity contribution is 7.89. The molecule has 0 heterocycles. The molecule has 0 fully saturated rings. The van der Waals surface area contributed by atoms with Gasteiger partial charge in [0.05, 0.1) is 0 Å². The van der Waals surface area contributed by atoms with E-state index in [-0.39, 0.29) is 5.41 Å². The van der Waals surface area contributed by atoms with Crippen molar-refractivity contribution in [2.75, 3.05) is 0 Å². The quantitative estimate of drug-likeness (QED) is 0.924. The number of rotatable bonds is 2. The highest BCUT2D eigenvalue weighted by Gasteiger charge is 2.16. The van der Waals surface area contributed by atoms with Crippen molar-refractivity contribution >= 4 is 10.0 Å². The van der Waals surface area contributed by atoms with Crippen LogP contribution in [0.25, 0.3) is 11.1 Å². The van der Waals surface area contributed by atoms with Gasteiger partial charge >= 0.3 is 0 Å². The maximum atomic E-state index is 13.8. The van der Waals surface area contributed by atoms with Crippen molar-refractivity contribution < 1.29 is 12.8 Å². The Morgan fingerprint density at radius 2 is 1.48 bits per heavy atom. The lowest BCUT2D eigenvalue weighted by Crippen LogP contribution is -2.14. The average Bonchev–Trinajstić information content (AvgIpc) is 2.36. The predicted octanol–water partition coefficient (Wildman–Crippen LogP) is 3.44. The first kappa shape index (κ1) is 15.7. The van der Waals surface area contributed by atoms with Gasteiger partial charge in [-0.05, 0) is 34.2 Å². The highest BCUT2D eigenvalue weighted by Crippen LogP contribution is 2.27. The number of halogens is 1. The van der Waals surface area contributed by atoms with Crippen LogP contribution in [0.3, 0.4) is 0 Å². The monoisotopic (exact) mass is 307 g/mol. The molecule has 2 rings (SSSR count). The van der Waals surface area contributed by atoms with Crippen LogP contribution >= 0.6 is 0 Å². The summed E-state index contributed by atoms with van der Waals surface area (Å²) in [6, 6.07) is 11.7. The van der Waals surface area contributed by atoms with E-state index in [2.05, 4.69) is 20.8 Å². The van der Waals surface area contributed by atoms with Crippen molar-refractivity contribution in [1.29, 1.82) is 0 Å². The van der Waals surface area contributed by atoms with Crippen molar-refractivity contribution in [3.05, 3.63) is 53.8 Å². The van der Waals surface area contributed by atoms with Crippen LogP contribution in [0.4, 0.5) is 4.39 Å². The Morgan fingerprint density at radius 1 is 0.952 bits per heavy atom. The van der Waals surface area contributed by atoms with Crippen LogP contribution in [0.15, 0.2) is 47.4 Å². The van der Waals surface area contributed by atoms with Gasteiger partial charge in [0.25, 0.3) is 0 Å². The second-order valence-electron chi connectivity index (χ2n) is 6.02. The molecule has 0 unspecified atom stereocenters. The van der Waals surface area contributed by atoms with Crippen LogP contribution in [-0.4, -0.2) is 8.42 Å². The van der Waals surface area contributed by atoms with Gasteiger partial charge in [0, 0.05) is 0 Å². The Hall–Kier alpha value is -1.72. The fourth-order valence-corrected chi connectivity index (χ4v) is 2.66. The summed E-state index contributed by atoms with van der Waals surface area (Å²) >= 11 is 0. The Kier molecular flexibility index (Phi) is 3.91. The van der Waals surface area contributed by atoms with E-state index < -0.39 is 20.7 Å². The van der Waals surface area contributed by atoms with Crippen LogP contribution in [0.1, 0.15) is 26.3 Å². The maximum absolute atomic E-state index is 13.8. The lowest BCUT2D eigenvalue weighted by Gasteiger charge is -2.19. The molecule has 0 atom stereocenters. The molecule has 0 radical (unpaired) electrons. The van der Waals surface area contributed by atoms with E-state index in [0.29, 0.717) is 5.56 Å². The van der Waals surface area contributed by atoms with Gasteiger partial charge in [-0.2, -0.15) is 0 Å². The standard InChI is InChI=1S/C16H18FNO2S/c1-16(2,3)13-7-4-11(5-8-13)12-6-9-15(14(17)10-12)21(18,19)20/h4-10H,1-3H3,(H2,18,19,20). The maximum Gasteiger partial charge on any atom is 0.240 e. The van der Waals surface area contributed by atoms with E-state index in [1.807, 2.05) is 24.3 Å². The van der Waals surface area contributed by atoms with Gasteiger partial charge in [0.1, 0.15) is 10.7 Å². The topological polar surface area (TPSA) is 60.2 Å². The molecule has 3 nitrogen and oxygen atoms in total. The van der Waals surface area contributed by atoms with Crippen molar-refractivity contribution in [2.45, 2.75) is 31.1 Å². The Labute approximate surface area is 124 Å². The molecule has 0 aromatic heterocycles. The van der Waals surface area contributed by atoms with Crippen molar-refractivity contribution in [1.82, 2.24) is 0 Å². The lowest BCUT2D eigenvalue weighted by molar-refractivity contribution is 0.568. The molecule has 0 saturated carbocycles. The zero-order valence-corrected chi connectivity index (χ0v) is 13.0. The first-order chi connectivity index (χ1) is 9.59. The van der Waals surface area contributed by atoms with Gasteiger partial charge in [-0.25, -0.2) is 17.9 Å². The fourth-order valence-electron chi connectivity index (χ4n) is 2.07. The third-order valence-electron chi connectivity index (χ3n) is 3.32. The van der Waals surface area contributed by atoms with E-state index in [1.54, 1.807) is 6.07 Å². The zero-order valence-electron chi connectivity index (χ0n) is 12.2. The van der Waals surface area contributed by atoms with Gasteiger partial charge in [-0.1, -0.05) is 51.1 Å². The minimum atomic E-state index is -4.03. The van der Waals surface area contributed by atoms with Crippen LogP contribution in [0, 0.1) is 5.82 Å². The first-order valence-electron chi connectivity index (χ1n) is 6.52. The molecule has 0 amide bonds. The predicted molar refractivity (Wildman–Crippen MR) is 81.9 cm³/mol. The Balaban J connectivity index is 2.42. The van der Waals surface area contributed by atoms with Gasteiger partial charge in [-0.15, -0.1) is 0 Å². The average molecular weight is 307 g/mol. The van der Waals surface area contributed by atoms with E-state index >= 15 is 0 Å². The number of benzene rings is 2. The summed E-state index contributed by atoms with van der Waals surface area (Å²) in [5, 5.41) is 4.95. The molecule has 0 saturated heterocycles. The molecule has 0 aliphatic rings. The summed E-state index contributed by atoms with van der Waals surface area (Å²) in [7, 11) is -4.03. The molecule has 0 spiro atoms. The molecule has 0 bridgehead atoms. The molecule has 112 valence electrons. The Morgan fingerprint density at radius 3 is 1.90 bits per heavy atom. The Bertz CT molecular complexity index is 760. The zero-order chi connectivity index (χ0) is 15.8. The van der Waals surface area contributed by atoms with E-state index in [4.69, 9.17) is 5.14 Å². The van der Waals surface area contributed by atoms with Crippen LogP contribution in [0.2, 0.25) is 0 Å². The minimum Gasteiger partial charge on any atom is -0.225 e. The molecule has 5 heteroatoms. The van der Waals surface area contributed by atoms with E-state index in [0.717, 1.165) is 5.56 Å². The highest BCUT2D eigenvalue weighted by atomic mass is 32.2. The number of hydrogen-bond donors (Lipinski definition) is 1. The minimum absolute atomic E-state index is 0.0429. The summed E-state index contributed by atoms with van der Waals surface area (Å²) in [4.78, 5) is -0.488. The normalized spacial score (nSPS) is 12.4. The van der Waals surface area contributed by atoms with Gasteiger partial charge in [0.2, 0.25) is 10.0 Å². The summed E-state index contributed by atoms with van der Waals surface area (Å²) in [6.07, 6.45) is 0. The molecule has 2 aromatic carbocycles. The van der Waals surface area contributed by atoms with Crippen LogP contribution in [-0.2, 0) is 15.4 Å². The van der Waals surface area contributed by atoms with Crippen LogP contribution in [0.5, 0.6) is 0 Å². The number of nitrogens with two attached hydrogens (primary N) is 1. The molecule has 0 aliphatic carbocycles. The molecule has 2 aromatic rings. The second kappa shape index (κ2) is 5.24. The van der Waals surface area contributed by atoms with Gasteiger partial charge in [-0.3, -0.25) is 0 Å². The molecular weight excluding hydrogens is 289 g/mol. The number of sulfonamides is 1. The third-order valence-corrected chi connectivity index (χ3v) is 4.27. The van der Waals surface area contributed by atoms with Gasteiger partial charge < -0.3 is 0 Å². The van der Waals surface area contributed by atoms with Crippen molar-refractivity contribution in [2.24, 2.45) is 5.14 Å². The third kappa shape index (κ3) is 3.49. The summed E-state index contributed by atoms with van der Waals surface area (Å²) in [5.74, 6) is -0.838. The molecule has 2 N–H and O–H groups in total. The summed E-state index contributed by atoms with van der Waals surface area (Å²) in [5.41, 5.74) is 2.65. The second-order valence-corrected chi connectivity index (χ2v) is 7.55. The number of hydrogen-bond acceptors (Lipinski definition) is 2. The molecular formula is C16H18FNO2S. The summed E-state index contributed by atoms with van der Waals surface area (Å²) < 4.78 is 36.2. The van der Waals surface area contributed by atoms with E-state index in [9.17, 15) is 12.8 Å². The largest absolute Gasteiger partial charge is 0.240 e. The lowest BCUT2D eigenvalue weighted by atomic mass is 9.86. The smallest absolute Gasteiger partial charge is 0.225 e. The van der Waals surface area contributed by atoms with Gasteiger partial charge in [0.15, 0.2) is 0 Å². The first-order valence-corrected chi connectivity index (χ1v) is 8.07. The molecule has 21 heavy (non-hydrogen) atoms. The van der Waals surface area contributed by atoms with E-state index in [1.165, 1.54) is 17.7 Å².